The van der Waals surface area contributed by atoms with Crippen molar-refractivity contribution in [2.45, 2.75) is 53.4 Å². The first-order valence-electron chi connectivity index (χ1n) is 8.33. The van der Waals surface area contributed by atoms with E-state index in [1.165, 1.54) is 38.9 Å². The third-order valence-corrected chi connectivity index (χ3v) is 4.48. The molecule has 1 fully saturated rings. The summed E-state index contributed by atoms with van der Waals surface area (Å²) < 4.78 is 5.43. The van der Waals surface area contributed by atoms with Crippen LogP contribution in [0.25, 0.3) is 0 Å². The van der Waals surface area contributed by atoms with E-state index in [0.29, 0.717) is 0 Å². The zero-order valence-corrected chi connectivity index (χ0v) is 13.9. The zero-order chi connectivity index (χ0) is 15.0. The van der Waals surface area contributed by atoms with Gasteiger partial charge in [0.1, 0.15) is 6.61 Å². The molecule has 1 aliphatic heterocycles. The summed E-state index contributed by atoms with van der Waals surface area (Å²) in [6.45, 7) is 13.3. The molecule has 0 radical (unpaired) electrons. The van der Waals surface area contributed by atoms with Crippen LogP contribution in [0, 0.1) is 17.8 Å². The zero-order valence-electron chi connectivity index (χ0n) is 13.9. The SMILES string of the molecule is CC(C)C(=O)COCCCCN1CCC(C(C)C)CC1. The van der Waals surface area contributed by atoms with Gasteiger partial charge in [-0.25, -0.2) is 0 Å². The first-order valence-corrected chi connectivity index (χ1v) is 8.33. The van der Waals surface area contributed by atoms with Gasteiger partial charge in [-0.1, -0.05) is 27.7 Å². The Labute approximate surface area is 125 Å². The van der Waals surface area contributed by atoms with Gasteiger partial charge >= 0.3 is 0 Å². The van der Waals surface area contributed by atoms with Gasteiger partial charge in [-0.15, -0.1) is 0 Å². The fraction of sp³-hybridized carbons (Fsp3) is 0.941. The quantitative estimate of drug-likeness (QED) is 0.608. The van der Waals surface area contributed by atoms with Crippen LogP contribution in [0.15, 0.2) is 0 Å². The van der Waals surface area contributed by atoms with Crippen LogP contribution in [0.4, 0.5) is 0 Å². The molecule has 1 rings (SSSR count). The number of ether oxygens (including phenoxy) is 1. The van der Waals surface area contributed by atoms with E-state index in [9.17, 15) is 4.79 Å². The Balaban J connectivity index is 1.96. The molecule has 3 nitrogen and oxygen atoms in total. The average Bonchev–Trinajstić information content (AvgIpc) is 2.42. The van der Waals surface area contributed by atoms with Crippen molar-refractivity contribution in [3.05, 3.63) is 0 Å². The van der Waals surface area contributed by atoms with E-state index in [1.807, 2.05) is 13.8 Å². The minimum absolute atomic E-state index is 0.0947. The molecule has 0 unspecified atom stereocenters. The molecule has 3 heteroatoms. The summed E-state index contributed by atoms with van der Waals surface area (Å²) in [5.74, 6) is 2.07. The Morgan fingerprint density at radius 1 is 1.15 bits per heavy atom. The lowest BCUT2D eigenvalue weighted by molar-refractivity contribution is -0.126. The van der Waals surface area contributed by atoms with Gasteiger partial charge < -0.3 is 9.64 Å². The van der Waals surface area contributed by atoms with Crippen LogP contribution < -0.4 is 0 Å². The molecule has 0 spiro atoms. The highest BCUT2D eigenvalue weighted by Crippen LogP contribution is 2.24. The molecule has 0 aromatic carbocycles. The molecule has 20 heavy (non-hydrogen) atoms. The van der Waals surface area contributed by atoms with Crippen molar-refractivity contribution in [3.8, 4) is 0 Å². The van der Waals surface area contributed by atoms with Gasteiger partial charge in [0.25, 0.3) is 0 Å². The highest BCUT2D eigenvalue weighted by Gasteiger charge is 2.20. The first-order chi connectivity index (χ1) is 9.50. The van der Waals surface area contributed by atoms with Crippen molar-refractivity contribution in [1.82, 2.24) is 4.90 Å². The van der Waals surface area contributed by atoms with E-state index >= 15 is 0 Å². The molecule has 0 aromatic rings. The molecule has 0 amide bonds. The van der Waals surface area contributed by atoms with Crippen molar-refractivity contribution in [2.75, 3.05) is 32.8 Å². The number of hydrogen-bond donors (Lipinski definition) is 0. The summed E-state index contributed by atoms with van der Waals surface area (Å²) >= 11 is 0. The Bertz CT molecular complexity index is 268. The lowest BCUT2D eigenvalue weighted by Crippen LogP contribution is -2.35. The summed E-state index contributed by atoms with van der Waals surface area (Å²) in [5.41, 5.74) is 0. The molecule has 118 valence electrons. The molecular weight excluding hydrogens is 250 g/mol. The molecule has 0 N–H and O–H groups in total. The number of unbranched alkanes of at least 4 members (excludes halogenated alkanes) is 1. The molecule has 1 heterocycles. The average molecular weight is 283 g/mol. The number of rotatable bonds is 9. The van der Waals surface area contributed by atoms with Crippen LogP contribution in [0.3, 0.4) is 0 Å². The van der Waals surface area contributed by atoms with E-state index in [4.69, 9.17) is 4.74 Å². The summed E-state index contributed by atoms with van der Waals surface area (Å²) in [6, 6.07) is 0. The number of carbonyl (C=O) groups is 1. The van der Waals surface area contributed by atoms with Crippen molar-refractivity contribution in [3.63, 3.8) is 0 Å². The van der Waals surface area contributed by atoms with Gasteiger partial charge in [0.2, 0.25) is 0 Å². The number of hydrogen-bond acceptors (Lipinski definition) is 3. The van der Waals surface area contributed by atoms with Crippen molar-refractivity contribution in [1.29, 1.82) is 0 Å². The fourth-order valence-electron chi connectivity index (χ4n) is 2.72. The second kappa shape index (κ2) is 9.51. The summed E-state index contributed by atoms with van der Waals surface area (Å²) in [5, 5.41) is 0. The third kappa shape index (κ3) is 6.85. The van der Waals surface area contributed by atoms with Crippen molar-refractivity contribution >= 4 is 5.78 Å². The molecule has 0 aliphatic carbocycles. The van der Waals surface area contributed by atoms with Gasteiger partial charge in [-0.2, -0.15) is 0 Å². The summed E-state index contributed by atoms with van der Waals surface area (Å²) in [4.78, 5) is 14.0. The van der Waals surface area contributed by atoms with Crippen LogP contribution in [-0.4, -0.2) is 43.5 Å². The van der Waals surface area contributed by atoms with Crippen LogP contribution in [0.1, 0.15) is 53.4 Å². The van der Waals surface area contributed by atoms with Crippen LogP contribution in [0.5, 0.6) is 0 Å². The predicted octanol–water partition coefficient (Wildman–Crippen LogP) is 3.38. The Morgan fingerprint density at radius 2 is 1.80 bits per heavy atom. The van der Waals surface area contributed by atoms with Gasteiger partial charge in [0.05, 0.1) is 0 Å². The molecule has 0 aromatic heterocycles. The Hall–Kier alpha value is -0.410. The van der Waals surface area contributed by atoms with Gasteiger partial charge in [0, 0.05) is 12.5 Å². The van der Waals surface area contributed by atoms with E-state index in [0.717, 1.165) is 24.9 Å². The Kier molecular flexibility index (Phi) is 8.39. The standard InChI is InChI=1S/C17H33NO2/c1-14(2)16-7-10-18(11-8-16)9-5-6-12-20-13-17(19)15(3)4/h14-16H,5-13H2,1-4H3. The smallest absolute Gasteiger partial charge is 0.160 e. The highest BCUT2D eigenvalue weighted by atomic mass is 16.5. The maximum atomic E-state index is 11.4. The maximum Gasteiger partial charge on any atom is 0.160 e. The molecule has 0 saturated carbocycles. The number of carbonyl (C=O) groups excluding carboxylic acids is 1. The van der Waals surface area contributed by atoms with Crippen LogP contribution in [0.2, 0.25) is 0 Å². The van der Waals surface area contributed by atoms with Crippen LogP contribution in [-0.2, 0) is 9.53 Å². The van der Waals surface area contributed by atoms with Crippen molar-refractivity contribution in [2.24, 2.45) is 17.8 Å². The molecule has 0 atom stereocenters. The normalized spacial score (nSPS) is 18.1. The Morgan fingerprint density at radius 3 is 2.35 bits per heavy atom. The third-order valence-electron chi connectivity index (χ3n) is 4.48. The van der Waals surface area contributed by atoms with E-state index in [2.05, 4.69) is 18.7 Å². The molecule has 1 saturated heterocycles. The minimum atomic E-state index is 0.0947. The first kappa shape index (κ1) is 17.6. The highest BCUT2D eigenvalue weighted by molar-refractivity contribution is 5.81. The van der Waals surface area contributed by atoms with Gasteiger partial charge in [-0.05, 0) is 57.2 Å². The topological polar surface area (TPSA) is 29.5 Å². The van der Waals surface area contributed by atoms with E-state index in [-0.39, 0.29) is 18.3 Å². The second-order valence-corrected chi connectivity index (χ2v) is 6.80. The monoisotopic (exact) mass is 283 g/mol. The number of nitrogens with zero attached hydrogens (tertiary/aromatic N) is 1. The van der Waals surface area contributed by atoms with Gasteiger partial charge in [0.15, 0.2) is 5.78 Å². The lowest BCUT2D eigenvalue weighted by Gasteiger charge is -2.33. The minimum Gasteiger partial charge on any atom is -0.374 e. The van der Waals surface area contributed by atoms with Crippen molar-refractivity contribution < 1.29 is 9.53 Å². The van der Waals surface area contributed by atoms with E-state index in [1.54, 1.807) is 0 Å². The number of likely N-dealkylation sites (tertiary alicyclic amines) is 1. The van der Waals surface area contributed by atoms with E-state index < -0.39 is 0 Å². The largest absolute Gasteiger partial charge is 0.374 e. The van der Waals surface area contributed by atoms with Gasteiger partial charge in [-0.3, -0.25) is 4.79 Å². The second-order valence-electron chi connectivity index (χ2n) is 6.80. The predicted molar refractivity (Wildman–Crippen MR) is 83.9 cm³/mol. The number of piperidine rings is 1. The number of Topliss-reactive ketones (excluding diaryl/α,β-unsaturated/α-hetero) is 1. The molecular formula is C17H33NO2. The molecule has 1 aliphatic rings. The summed E-state index contributed by atoms with van der Waals surface area (Å²) in [7, 11) is 0. The van der Waals surface area contributed by atoms with Crippen LogP contribution >= 0.6 is 0 Å². The molecule has 0 bridgehead atoms. The maximum absolute atomic E-state index is 11.4. The summed E-state index contributed by atoms with van der Waals surface area (Å²) in [6.07, 6.45) is 4.96. The fourth-order valence-corrected chi connectivity index (χ4v) is 2.72. The lowest BCUT2D eigenvalue weighted by atomic mass is 9.87. The number of ketones is 1.